The van der Waals surface area contributed by atoms with Crippen LogP contribution in [0.1, 0.15) is 12.8 Å². The van der Waals surface area contributed by atoms with Crippen LogP contribution in [-0.4, -0.2) is 44.6 Å². The van der Waals surface area contributed by atoms with Gasteiger partial charge < -0.3 is 9.84 Å². The molecule has 0 aromatic rings. The SMILES string of the molecule is CS(=O)(=O)N[C@@H]1CO[C@@H]2C[C@H](O)C[C@@H]12. The molecule has 2 fully saturated rings. The molecule has 14 heavy (non-hydrogen) atoms. The van der Waals surface area contributed by atoms with Gasteiger partial charge in [-0.15, -0.1) is 0 Å². The Balaban J connectivity index is 2.02. The molecule has 5 nitrogen and oxygen atoms in total. The fourth-order valence-electron chi connectivity index (χ4n) is 2.37. The summed E-state index contributed by atoms with van der Waals surface area (Å²) in [5.41, 5.74) is 0. The zero-order chi connectivity index (χ0) is 10.3. The zero-order valence-corrected chi connectivity index (χ0v) is 8.83. The van der Waals surface area contributed by atoms with Gasteiger partial charge in [-0.25, -0.2) is 13.1 Å². The minimum absolute atomic E-state index is 0.0317. The van der Waals surface area contributed by atoms with E-state index in [2.05, 4.69) is 4.72 Å². The minimum Gasteiger partial charge on any atom is -0.393 e. The Bertz CT molecular complexity index is 315. The number of rotatable bonds is 2. The van der Waals surface area contributed by atoms with Crippen LogP contribution in [-0.2, 0) is 14.8 Å². The van der Waals surface area contributed by atoms with E-state index < -0.39 is 10.0 Å². The standard InChI is InChI=1S/C8H15NO4S/c1-14(11,12)9-7-4-13-8-3-5(10)2-6(7)8/h5-10H,2-4H2,1H3/t5-,6+,7-,8-/m1/s1. The Labute approximate surface area is 83.5 Å². The summed E-state index contributed by atoms with van der Waals surface area (Å²) in [6.45, 7) is 0.426. The lowest BCUT2D eigenvalue weighted by atomic mass is 10.0. The molecule has 4 atom stereocenters. The third-order valence-electron chi connectivity index (χ3n) is 2.90. The molecule has 82 valence electrons. The number of nitrogens with one attached hydrogen (secondary N) is 1. The summed E-state index contributed by atoms with van der Waals surface area (Å²) in [5.74, 6) is 0.139. The number of sulfonamides is 1. The molecule has 6 heteroatoms. The molecule has 0 aromatic carbocycles. The van der Waals surface area contributed by atoms with E-state index in [1.165, 1.54) is 0 Å². The number of fused-ring (bicyclic) bond motifs is 1. The number of aliphatic hydroxyl groups excluding tert-OH is 1. The van der Waals surface area contributed by atoms with E-state index in [4.69, 9.17) is 4.74 Å². The second-order valence-corrected chi connectivity index (χ2v) is 5.94. The van der Waals surface area contributed by atoms with Crippen molar-refractivity contribution in [3.63, 3.8) is 0 Å². The van der Waals surface area contributed by atoms with Crippen LogP contribution in [0.4, 0.5) is 0 Å². The van der Waals surface area contributed by atoms with Crippen LogP contribution >= 0.6 is 0 Å². The molecule has 2 rings (SSSR count). The highest BCUT2D eigenvalue weighted by Crippen LogP contribution is 2.36. The Morgan fingerprint density at radius 3 is 2.79 bits per heavy atom. The molecule has 0 amide bonds. The van der Waals surface area contributed by atoms with E-state index in [-0.39, 0.29) is 24.2 Å². The van der Waals surface area contributed by atoms with E-state index in [0.717, 1.165) is 6.26 Å². The van der Waals surface area contributed by atoms with Crippen molar-refractivity contribution in [1.82, 2.24) is 4.72 Å². The first kappa shape index (κ1) is 10.4. The average molecular weight is 221 g/mol. The highest BCUT2D eigenvalue weighted by atomic mass is 32.2. The van der Waals surface area contributed by atoms with E-state index in [0.29, 0.717) is 19.4 Å². The maximum atomic E-state index is 11.0. The van der Waals surface area contributed by atoms with Gasteiger partial charge in [0.25, 0.3) is 0 Å². The van der Waals surface area contributed by atoms with Crippen LogP contribution in [0.25, 0.3) is 0 Å². The molecule has 0 spiro atoms. The van der Waals surface area contributed by atoms with Crippen LogP contribution in [0.5, 0.6) is 0 Å². The van der Waals surface area contributed by atoms with Crippen molar-refractivity contribution in [3.05, 3.63) is 0 Å². The van der Waals surface area contributed by atoms with Gasteiger partial charge in [0.05, 0.1) is 31.1 Å². The van der Waals surface area contributed by atoms with Crippen LogP contribution in [0.15, 0.2) is 0 Å². The van der Waals surface area contributed by atoms with Gasteiger partial charge in [-0.05, 0) is 12.8 Å². The monoisotopic (exact) mass is 221 g/mol. The summed E-state index contributed by atoms with van der Waals surface area (Å²) in [4.78, 5) is 0. The van der Waals surface area contributed by atoms with Crippen molar-refractivity contribution in [2.24, 2.45) is 5.92 Å². The first-order valence-electron chi connectivity index (χ1n) is 4.72. The highest BCUT2D eigenvalue weighted by molar-refractivity contribution is 7.88. The highest BCUT2D eigenvalue weighted by Gasteiger charge is 2.44. The molecule has 1 saturated carbocycles. The van der Waals surface area contributed by atoms with Gasteiger partial charge in [-0.1, -0.05) is 0 Å². The largest absolute Gasteiger partial charge is 0.393 e. The lowest BCUT2D eigenvalue weighted by Gasteiger charge is -2.16. The first-order valence-corrected chi connectivity index (χ1v) is 6.62. The predicted molar refractivity (Wildman–Crippen MR) is 50.2 cm³/mol. The number of aliphatic hydroxyl groups is 1. The molecular formula is C8H15NO4S. The lowest BCUT2D eigenvalue weighted by Crippen LogP contribution is -2.39. The summed E-state index contributed by atoms with van der Waals surface area (Å²) in [7, 11) is -3.18. The summed E-state index contributed by atoms with van der Waals surface area (Å²) in [5, 5.41) is 9.39. The van der Waals surface area contributed by atoms with E-state index >= 15 is 0 Å². The molecule has 0 bridgehead atoms. The maximum absolute atomic E-state index is 11.0. The smallest absolute Gasteiger partial charge is 0.209 e. The number of ether oxygens (including phenoxy) is 1. The summed E-state index contributed by atoms with van der Waals surface area (Å²) in [6, 6.07) is -0.160. The number of hydrogen-bond acceptors (Lipinski definition) is 4. The molecule has 1 saturated heterocycles. The molecule has 1 aliphatic heterocycles. The Morgan fingerprint density at radius 2 is 2.14 bits per heavy atom. The normalized spacial score (nSPS) is 42.7. The van der Waals surface area contributed by atoms with Crippen LogP contribution in [0.3, 0.4) is 0 Å². The Hall–Kier alpha value is -0.170. The van der Waals surface area contributed by atoms with Crippen molar-refractivity contribution in [2.45, 2.75) is 31.1 Å². The molecule has 0 radical (unpaired) electrons. The van der Waals surface area contributed by atoms with Gasteiger partial charge in [-0.2, -0.15) is 0 Å². The zero-order valence-electron chi connectivity index (χ0n) is 8.01. The minimum atomic E-state index is -3.18. The summed E-state index contributed by atoms with van der Waals surface area (Å²) >= 11 is 0. The van der Waals surface area contributed by atoms with E-state index in [9.17, 15) is 13.5 Å². The molecule has 1 aliphatic carbocycles. The summed E-state index contributed by atoms with van der Waals surface area (Å²) in [6.07, 6.45) is 2.11. The third-order valence-corrected chi connectivity index (χ3v) is 3.63. The van der Waals surface area contributed by atoms with Crippen LogP contribution in [0.2, 0.25) is 0 Å². The quantitative estimate of drug-likeness (QED) is 0.632. The second kappa shape index (κ2) is 3.44. The van der Waals surface area contributed by atoms with E-state index in [1.54, 1.807) is 0 Å². The first-order chi connectivity index (χ1) is 6.46. The fourth-order valence-corrected chi connectivity index (χ4v) is 3.16. The molecule has 0 unspecified atom stereocenters. The third kappa shape index (κ3) is 2.08. The lowest BCUT2D eigenvalue weighted by molar-refractivity contribution is 0.0806. The molecule has 1 heterocycles. The average Bonchev–Trinajstić information content (AvgIpc) is 2.49. The summed E-state index contributed by atoms with van der Waals surface area (Å²) < 4.78 is 30.0. The molecule has 0 aromatic heterocycles. The van der Waals surface area contributed by atoms with Gasteiger partial charge in [0.15, 0.2) is 0 Å². The van der Waals surface area contributed by atoms with Gasteiger partial charge in [0.1, 0.15) is 0 Å². The van der Waals surface area contributed by atoms with Crippen molar-refractivity contribution < 1.29 is 18.3 Å². The fraction of sp³-hybridized carbons (Fsp3) is 1.00. The Kier molecular flexibility index (Phi) is 2.55. The maximum Gasteiger partial charge on any atom is 0.209 e. The molecule has 2 N–H and O–H groups in total. The van der Waals surface area contributed by atoms with Gasteiger partial charge >= 0.3 is 0 Å². The van der Waals surface area contributed by atoms with Crippen molar-refractivity contribution in [1.29, 1.82) is 0 Å². The number of hydrogen-bond donors (Lipinski definition) is 2. The van der Waals surface area contributed by atoms with E-state index in [1.807, 2.05) is 0 Å². The van der Waals surface area contributed by atoms with Crippen LogP contribution < -0.4 is 4.72 Å². The van der Waals surface area contributed by atoms with Gasteiger partial charge in [0, 0.05) is 5.92 Å². The van der Waals surface area contributed by atoms with Gasteiger partial charge in [-0.3, -0.25) is 0 Å². The van der Waals surface area contributed by atoms with Crippen molar-refractivity contribution >= 4 is 10.0 Å². The topological polar surface area (TPSA) is 75.6 Å². The second-order valence-electron chi connectivity index (χ2n) is 4.16. The Morgan fingerprint density at radius 1 is 1.43 bits per heavy atom. The van der Waals surface area contributed by atoms with Gasteiger partial charge in [0.2, 0.25) is 10.0 Å². The van der Waals surface area contributed by atoms with Crippen LogP contribution in [0, 0.1) is 5.92 Å². The molecular weight excluding hydrogens is 206 g/mol. The predicted octanol–water partition coefficient (Wildman–Crippen LogP) is -0.926. The van der Waals surface area contributed by atoms with Crippen molar-refractivity contribution in [3.8, 4) is 0 Å². The van der Waals surface area contributed by atoms with Crippen molar-refractivity contribution in [2.75, 3.05) is 12.9 Å². The molecule has 2 aliphatic rings.